The van der Waals surface area contributed by atoms with Gasteiger partial charge in [-0.05, 0) is 24.3 Å². The van der Waals surface area contributed by atoms with Gasteiger partial charge in [0.15, 0.2) is 10.8 Å². The summed E-state index contributed by atoms with van der Waals surface area (Å²) in [7, 11) is 1.41. The number of nitrogens with one attached hydrogen (secondary N) is 2. The Balaban J connectivity index is 2.24. The molecule has 25 heavy (non-hydrogen) atoms. The molecule has 0 aliphatic heterocycles. The van der Waals surface area contributed by atoms with Crippen molar-refractivity contribution >= 4 is 17.9 Å². The second kappa shape index (κ2) is 7.54. The first-order valence-corrected chi connectivity index (χ1v) is 6.66. The summed E-state index contributed by atoms with van der Waals surface area (Å²) in [6, 6.07) is 7.42. The van der Waals surface area contributed by atoms with Gasteiger partial charge in [-0.2, -0.15) is 0 Å². The van der Waals surface area contributed by atoms with Crippen molar-refractivity contribution in [1.82, 2.24) is 5.43 Å². The normalized spacial score (nSPS) is 11.5. The number of furan rings is 1. The molecule has 2 aromatic rings. The van der Waals surface area contributed by atoms with Crippen LogP contribution in [0.5, 0.6) is 5.75 Å². The lowest BCUT2D eigenvalue weighted by molar-refractivity contribution is -0.528. The smallest absolute Gasteiger partial charge is 0.319 e. The topological polar surface area (TPSA) is 173 Å². The van der Waals surface area contributed by atoms with Crippen LogP contribution in [0, 0.1) is 20.2 Å². The van der Waals surface area contributed by atoms with E-state index < -0.39 is 15.9 Å². The standard InChI is InChI=1S/C13H12N6O6/c1-24-8-2-4-10(11(6-8)18(20)21)12-5-3-9(25-12)7-15-16-13(14)17-19(22)23/h2-7H,1H3,(H3,14,16,17)/p+1. The Kier molecular flexibility index (Phi) is 5.25. The van der Waals surface area contributed by atoms with Gasteiger partial charge in [-0.25, -0.2) is 10.1 Å². The van der Waals surface area contributed by atoms with Crippen LogP contribution in [-0.4, -0.2) is 29.2 Å². The number of hydrazone groups is 1. The van der Waals surface area contributed by atoms with E-state index in [4.69, 9.17) is 14.9 Å². The van der Waals surface area contributed by atoms with E-state index in [0.29, 0.717) is 5.75 Å². The molecule has 12 heteroatoms. The Labute approximate surface area is 139 Å². The van der Waals surface area contributed by atoms with E-state index in [9.17, 15) is 20.2 Å². The summed E-state index contributed by atoms with van der Waals surface area (Å²) < 4.78 is 10.4. The first-order valence-electron chi connectivity index (χ1n) is 6.66. The Hall–Kier alpha value is -3.96. The van der Waals surface area contributed by atoms with Crippen molar-refractivity contribution in [3.05, 3.63) is 56.3 Å². The number of nitro benzene ring substituents is 1. The molecule has 1 aromatic carbocycles. The summed E-state index contributed by atoms with van der Waals surface area (Å²) in [5.41, 5.74) is 6.95. The summed E-state index contributed by atoms with van der Waals surface area (Å²) >= 11 is 0. The van der Waals surface area contributed by atoms with Gasteiger partial charge in [0.25, 0.3) is 5.69 Å². The highest BCUT2D eigenvalue weighted by Gasteiger charge is 2.19. The summed E-state index contributed by atoms with van der Waals surface area (Å²) in [6.07, 6.45) is 1.27. The van der Waals surface area contributed by atoms with Crippen LogP contribution in [0.4, 0.5) is 5.69 Å². The monoisotopic (exact) mass is 349 g/mol. The predicted molar refractivity (Wildman–Crippen MR) is 85.2 cm³/mol. The number of hydrazine groups is 1. The number of ether oxygens (including phenoxy) is 1. The van der Waals surface area contributed by atoms with E-state index in [0.717, 1.165) is 0 Å². The molecule has 0 saturated carbocycles. The lowest BCUT2D eigenvalue weighted by Gasteiger charge is -2.03. The van der Waals surface area contributed by atoms with Gasteiger partial charge in [-0.15, -0.1) is 0 Å². The van der Waals surface area contributed by atoms with E-state index in [1.807, 2.05) is 0 Å². The fraction of sp³-hybridized carbons (Fsp3) is 0.0769. The lowest BCUT2D eigenvalue weighted by atomic mass is 10.1. The number of benzene rings is 1. The Bertz CT molecular complexity index is 858. The maximum atomic E-state index is 11.2. The maximum Gasteiger partial charge on any atom is 0.319 e. The molecule has 0 unspecified atom stereocenters. The zero-order valence-corrected chi connectivity index (χ0v) is 12.8. The van der Waals surface area contributed by atoms with Gasteiger partial charge in [0.2, 0.25) is 6.21 Å². The van der Waals surface area contributed by atoms with Crippen LogP contribution in [-0.2, 0) is 0 Å². The van der Waals surface area contributed by atoms with E-state index >= 15 is 0 Å². The van der Waals surface area contributed by atoms with Crippen molar-refractivity contribution in [2.24, 2.45) is 10.8 Å². The van der Waals surface area contributed by atoms with Crippen LogP contribution in [0.3, 0.4) is 0 Å². The Morgan fingerprint density at radius 3 is 2.76 bits per heavy atom. The van der Waals surface area contributed by atoms with E-state index in [1.54, 1.807) is 11.5 Å². The molecule has 0 fully saturated rings. The predicted octanol–water partition coefficient (Wildman–Crippen LogP) is -0.626. The molecule has 0 atom stereocenters. The van der Waals surface area contributed by atoms with Gasteiger partial charge in [0.05, 0.1) is 23.7 Å². The number of hydrogen-bond donors (Lipinski definition) is 3. The van der Waals surface area contributed by atoms with Gasteiger partial charge >= 0.3 is 5.96 Å². The lowest BCUT2D eigenvalue weighted by Crippen LogP contribution is -2.64. The minimum absolute atomic E-state index is 0.175. The van der Waals surface area contributed by atoms with Crippen molar-refractivity contribution in [2.45, 2.75) is 0 Å². The summed E-state index contributed by atoms with van der Waals surface area (Å²) in [6.45, 7) is 0. The molecule has 0 saturated heterocycles. The molecule has 0 aliphatic rings. The third-order valence-corrected chi connectivity index (χ3v) is 2.89. The number of methoxy groups -OCH3 is 1. The Morgan fingerprint density at radius 1 is 1.36 bits per heavy atom. The largest absolute Gasteiger partial charge is 0.497 e. The number of guanidine groups is 1. The summed E-state index contributed by atoms with van der Waals surface area (Å²) in [5.74, 6) is 0.415. The van der Waals surface area contributed by atoms with Gasteiger partial charge in [-0.3, -0.25) is 10.1 Å². The van der Waals surface area contributed by atoms with Gasteiger partial charge < -0.3 is 14.9 Å². The van der Waals surface area contributed by atoms with Gasteiger partial charge in [0.1, 0.15) is 11.5 Å². The molecule has 1 aromatic heterocycles. The average Bonchev–Trinajstić information content (AvgIpc) is 3.02. The highest BCUT2D eigenvalue weighted by Crippen LogP contribution is 2.33. The summed E-state index contributed by atoms with van der Waals surface area (Å²) in [4.78, 5) is 20.8. The Morgan fingerprint density at radius 2 is 2.12 bits per heavy atom. The molecule has 0 aliphatic carbocycles. The average molecular weight is 349 g/mol. The zero-order valence-electron chi connectivity index (χ0n) is 12.8. The molecule has 4 N–H and O–H groups in total. The van der Waals surface area contributed by atoms with Crippen LogP contribution >= 0.6 is 0 Å². The highest BCUT2D eigenvalue weighted by molar-refractivity contribution is 5.77. The number of rotatable bonds is 6. The third kappa shape index (κ3) is 4.51. The van der Waals surface area contributed by atoms with Crippen LogP contribution in [0.2, 0.25) is 0 Å². The fourth-order valence-corrected chi connectivity index (χ4v) is 1.86. The number of nitrogens with zero attached hydrogens (tertiary/aromatic N) is 3. The highest BCUT2D eigenvalue weighted by atomic mass is 16.7. The molecular formula is C13H13N6O6+. The molecule has 0 radical (unpaired) electrons. The molecule has 0 amide bonds. The molecule has 2 rings (SSSR count). The van der Waals surface area contributed by atoms with E-state index in [-0.39, 0.29) is 22.8 Å². The third-order valence-electron chi connectivity index (χ3n) is 2.89. The van der Waals surface area contributed by atoms with Crippen LogP contribution < -0.4 is 21.0 Å². The second-order valence-electron chi connectivity index (χ2n) is 4.48. The molecule has 1 heterocycles. The molecule has 130 valence electrons. The quantitative estimate of drug-likeness (QED) is 0.267. The number of hydrogen-bond acceptors (Lipinski definition) is 7. The van der Waals surface area contributed by atoms with E-state index in [2.05, 4.69) is 10.2 Å². The van der Waals surface area contributed by atoms with Crippen LogP contribution in [0.15, 0.2) is 39.9 Å². The summed E-state index contributed by atoms with van der Waals surface area (Å²) in [5, 5.41) is 26.3. The van der Waals surface area contributed by atoms with Crippen molar-refractivity contribution in [3.63, 3.8) is 0 Å². The first-order chi connectivity index (χ1) is 11.9. The molecule has 0 spiro atoms. The molecular weight excluding hydrogens is 336 g/mol. The first kappa shape index (κ1) is 17.4. The minimum Gasteiger partial charge on any atom is -0.497 e. The minimum atomic E-state index is -0.867. The van der Waals surface area contributed by atoms with Gasteiger partial charge in [0, 0.05) is 5.10 Å². The maximum absolute atomic E-state index is 11.2. The zero-order chi connectivity index (χ0) is 18.4. The van der Waals surface area contributed by atoms with E-state index in [1.165, 1.54) is 37.6 Å². The van der Waals surface area contributed by atoms with Crippen molar-refractivity contribution in [2.75, 3.05) is 7.11 Å². The number of nitrogens with two attached hydrogens (primary N) is 1. The van der Waals surface area contributed by atoms with Crippen molar-refractivity contribution in [1.29, 1.82) is 0 Å². The fourth-order valence-electron chi connectivity index (χ4n) is 1.86. The second-order valence-corrected chi connectivity index (χ2v) is 4.48. The SMILES string of the molecule is COc1ccc(-c2ccc(C=[NH+]N=C(N)N[N+](=O)[O-])o2)c([N+](=O)[O-])c1. The van der Waals surface area contributed by atoms with Crippen LogP contribution in [0.1, 0.15) is 5.76 Å². The number of nitro groups is 2. The molecule has 12 nitrogen and oxygen atoms in total. The van der Waals surface area contributed by atoms with Crippen LogP contribution in [0.25, 0.3) is 11.3 Å². The van der Waals surface area contributed by atoms with Gasteiger partial charge in [-0.1, -0.05) is 10.5 Å². The molecule has 0 bridgehead atoms. The van der Waals surface area contributed by atoms with Crippen molar-refractivity contribution in [3.8, 4) is 17.1 Å². The van der Waals surface area contributed by atoms with Crippen molar-refractivity contribution < 1.29 is 24.2 Å².